The SMILES string of the molecule is CCC(CC)C(CNC(=NC)NCCc1cccs1)N1CCOCC1.I. The highest BCUT2D eigenvalue weighted by atomic mass is 127. The maximum atomic E-state index is 5.53. The van der Waals surface area contributed by atoms with E-state index in [0.717, 1.165) is 51.8 Å². The summed E-state index contributed by atoms with van der Waals surface area (Å²) in [6, 6.07) is 4.83. The standard InChI is InChI=1S/C19H34N4OS.HI/c1-4-16(5-2)18(23-10-12-24-13-11-23)15-22-19(20-3)21-9-8-17-7-6-14-25-17;/h6-7,14,16,18H,4-5,8-13,15H2,1-3H3,(H2,20,21,22);1H. The van der Waals surface area contributed by atoms with Gasteiger partial charge >= 0.3 is 0 Å². The number of nitrogens with zero attached hydrogens (tertiary/aromatic N) is 2. The van der Waals surface area contributed by atoms with E-state index >= 15 is 0 Å². The van der Waals surface area contributed by atoms with Crippen molar-refractivity contribution in [2.45, 2.75) is 39.2 Å². The fraction of sp³-hybridized carbons (Fsp3) is 0.737. The van der Waals surface area contributed by atoms with Gasteiger partial charge in [-0.3, -0.25) is 9.89 Å². The third-order valence-corrected chi connectivity index (χ3v) is 5.99. The second kappa shape index (κ2) is 13.7. The number of thiophene rings is 1. The number of rotatable bonds is 9. The average molecular weight is 494 g/mol. The number of morpholine rings is 1. The second-order valence-corrected chi connectivity index (χ2v) is 7.53. The van der Waals surface area contributed by atoms with Crippen LogP contribution in [-0.4, -0.2) is 63.3 Å². The average Bonchev–Trinajstić information content (AvgIpc) is 3.17. The van der Waals surface area contributed by atoms with Gasteiger partial charge in [0.05, 0.1) is 13.2 Å². The molecule has 0 spiro atoms. The zero-order chi connectivity index (χ0) is 17.9. The lowest BCUT2D eigenvalue weighted by Crippen LogP contribution is -2.53. The fourth-order valence-corrected chi connectivity index (χ4v) is 4.23. The van der Waals surface area contributed by atoms with Crippen LogP contribution in [0.3, 0.4) is 0 Å². The van der Waals surface area contributed by atoms with E-state index in [9.17, 15) is 0 Å². The highest BCUT2D eigenvalue weighted by Gasteiger charge is 2.26. The molecule has 0 radical (unpaired) electrons. The van der Waals surface area contributed by atoms with Gasteiger partial charge in [-0.2, -0.15) is 0 Å². The van der Waals surface area contributed by atoms with Gasteiger partial charge in [0.15, 0.2) is 5.96 Å². The predicted molar refractivity (Wildman–Crippen MR) is 123 cm³/mol. The molecule has 26 heavy (non-hydrogen) atoms. The Morgan fingerprint density at radius 1 is 1.27 bits per heavy atom. The van der Waals surface area contributed by atoms with Crippen LogP contribution in [0.1, 0.15) is 31.6 Å². The van der Waals surface area contributed by atoms with Gasteiger partial charge in [-0.15, -0.1) is 35.3 Å². The summed E-state index contributed by atoms with van der Waals surface area (Å²) in [7, 11) is 1.85. The largest absolute Gasteiger partial charge is 0.379 e. The first-order valence-corrected chi connectivity index (χ1v) is 10.4. The molecule has 1 atom stereocenters. The number of hydrogen-bond acceptors (Lipinski definition) is 4. The third-order valence-electron chi connectivity index (χ3n) is 5.05. The molecular formula is C19H35IN4OS. The van der Waals surface area contributed by atoms with Crippen LogP contribution in [0.5, 0.6) is 0 Å². The molecule has 1 aliphatic rings. The molecule has 7 heteroatoms. The van der Waals surface area contributed by atoms with Crippen LogP contribution in [0, 0.1) is 5.92 Å². The van der Waals surface area contributed by atoms with Crippen LogP contribution in [0.4, 0.5) is 0 Å². The number of halogens is 1. The van der Waals surface area contributed by atoms with Crippen LogP contribution in [-0.2, 0) is 11.2 Å². The van der Waals surface area contributed by atoms with Crippen molar-refractivity contribution >= 4 is 41.3 Å². The van der Waals surface area contributed by atoms with Gasteiger partial charge in [0, 0.05) is 44.1 Å². The van der Waals surface area contributed by atoms with E-state index < -0.39 is 0 Å². The van der Waals surface area contributed by atoms with E-state index in [4.69, 9.17) is 4.74 Å². The summed E-state index contributed by atoms with van der Waals surface area (Å²) in [6.07, 6.45) is 3.47. The molecule has 150 valence electrons. The zero-order valence-corrected chi connectivity index (χ0v) is 19.5. The number of ether oxygens (including phenoxy) is 1. The van der Waals surface area contributed by atoms with E-state index in [1.807, 2.05) is 18.4 Å². The van der Waals surface area contributed by atoms with Crippen LogP contribution in [0.15, 0.2) is 22.5 Å². The molecule has 1 unspecified atom stereocenters. The van der Waals surface area contributed by atoms with Crippen molar-refractivity contribution in [3.63, 3.8) is 0 Å². The smallest absolute Gasteiger partial charge is 0.191 e. The Bertz CT molecular complexity index is 488. The molecule has 0 amide bonds. The molecule has 1 fully saturated rings. The molecule has 0 aliphatic carbocycles. The van der Waals surface area contributed by atoms with Crippen molar-refractivity contribution in [2.75, 3.05) is 46.4 Å². The summed E-state index contributed by atoms with van der Waals surface area (Å²) in [5.41, 5.74) is 0. The molecule has 0 aromatic carbocycles. The van der Waals surface area contributed by atoms with Crippen LogP contribution in [0.25, 0.3) is 0 Å². The molecule has 5 nitrogen and oxygen atoms in total. The zero-order valence-electron chi connectivity index (χ0n) is 16.4. The van der Waals surface area contributed by atoms with E-state index in [0.29, 0.717) is 12.0 Å². The fourth-order valence-electron chi connectivity index (χ4n) is 3.52. The summed E-state index contributed by atoms with van der Waals surface area (Å²) in [5.74, 6) is 1.61. The van der Waals surface area contributed by atoms with Crippen LogP contribution >= 0.6 is 35.3 Å². The van der Waals surface area contributed by atoms with Crippen molar-refractivity contribution in [1.82, 2.24) is 15.5 Å². The Kier molecular flexibility index (Phi) is 12.5. The first-order chi connectivity index (χ1) is 12.3. The lowest BCUT2D eigenvalue weighted by molar-refractivity contribution is 0.00272. The van der Waals surface area contributed by atoms with E-state index in [-0.39, 0.29) is 24.0 Å². The summed E-state index contributed by atoms with van der Waals surface area (Å²) < 4.78 is 5.53. The van der Waals surface area contributed by atoms with E-state index in [2.05, 4.69) is 51.9 Å². The summed E-state index contributed by atoms with van der Waals surface area (Å²) in [4.78, 5) is 8.39. The Morgan fingerprint density at radius 3 is 2.58 bits per heavy atom. The minimum atomic E-state index is 0. The van der Waals surface area contributed by atoms with Gasteiger partial charge in [0.2, 0.25) is 0 Å². The molecule has 1 saturated heterocycles. The summed E-state index contributed by atoms with van der Waals surface area (Å²) in [6.45, 7) is 10.2. The van der Waals surface area contributed by atoms with E-state index in [1.165, 1.54) is 17.7 Å². The topological polar surface area (TPSA) is 48.9 Å². The molecule has 1 aliphatic heterocycles. The second-order valence-electron chi connectivity index (χ2n) is 6.50. The quantitative estimate of drug-likeness (QED) is 0.315. The molecule has 0 saturated carbocycles. The highest BCUT2D eigenvalue weighted by Crippen LogP contribution is 2.19. The molecule has 1 aromatic rings. The van der Waals surface area contributed by atoms with Crippen molar-refractivity contribution < 1.29 is 4.74 Å². The minimum Gasteiger partial charge on any atom is -0.379 e. The van der Waals surface area contributed by atoms with E-state index in [1.54, 1.807) is 0 Å². The molecule has 0 bridgehead atoms. The minimum absolute atomic E-state index is 0. The summed E-state index contributed by atoms with van der Waals surface area (Å²) >= 11 is 1.81. The van der Waals surface area contributed by atoms with Crippen LogP contribution in [0.2, 0.25) is 0 Å². The Labute approximate surface area is 180 Å². The highest BCUT2D eigenvalue weighted by molar-refractivity contribution is 14.0. The lowest BCUT2D eigenvalue weighted by Gasteiger charge is -2.39. The molecular weight excluding hydrogens is 459 g/mol. The van der Waals surface area contributed by atoms with Gasteiger partial charge in [0.25, 0.3) is 0 Å². The van der Waals surface area contributed by atoms with Gasteiger partial charge < -0.3 is 15.4 Å². The Balaban J connectivity index is 0.00000338. The summed E-state index contributed by atoms with van der Waals surface area (Å²) in [5, 5.41) is 9.13. The van der Waals surface area contributed by atoms with Crippen molar-refractivity contribution in [3.8, 4) is 0 Å². The maximum Gasteiger partial charge on any atom is 0.191 e. The normalized spacial score (nSPS) is 17.0. The van der Waals surface area contributed by atoms with Gasteiger partial charge in [-0.1, -0.05) is 32.8 Å². The monoisotopic (exact) mass is 494 g/mol. The third kappa shape index (κ3) is 7.70. The molecule has 2 heterocycles. The van der Waals surface area contributed by atoms with Crippen molar-refractivity contribution in [3.05, 3.63) is 22.4 Å². The molecule has 2 N–H and O–H groups in total. The van der Waals surface area contributed by atoms with Crippen molar-refractivity contribution in [1.29, 1.82) is 0 Å². The molecule has 2 rings (SSSR count). The molecule has 1 aromatic heterocycles. The van der Waals surface area contributed by atoms with Gasteiger partial charge in [-0.05, 0) is 23.8 Å². The van der Waals surface area contributed by atoms with Crippen LogP contribution < -0.4 is 10.6 Å². The Hall–Kier alpha value is -0.380. The maximum absolute atomic E-state index is 5.53. The number of guanidine groups is 1. The number of hydrogen-bond donors (Lipinski definition) is 2. The van der Waals surface area contributed by atoms with Gasteiger partial charge in [-0.25, -0.2) is 0 Å². The first kappa shape index (κ1) is 23.7. The number of nitrogens with one attached hydrogen (secondary N) is 2. The lowest BCUT2D eigenvalue weighted by atomic mass is 9.92. The van der Waals surface area contributed by atoms with Gasteiger partial charge in [0.1, 0.15) is 0 Å². The van der Waals surface area contributed by atoms with Crippen molar-refractivity contribution in [2.24, 2.45) is 10.9 Å². The predicted octanol–water partition coefficient (Wildman–Crippen LogP) is 3.21. The first-order valence-electron chi connectivity index (χ1n) is 9.57. The number of aliphatic imine (C=N–C) groups is 1. The Morgan fingerprint density at radius 2 is 2.00 bits per heavy atom.